The van der Waals surface area contributed by atoms with Crippen molar-refractivity contribution in [3.63, 3.8) is 0 Å². The van der Waals surface area contributed by atoms with Gasteiger partial charge in [0.2, 0.25) is 5.91 Å². The Morgan fingerprint density at radius 1 is 1.20 bits per heavy atom. The van der Waals surface area contributed by atoms with E-state index in [1.807, 2.05) is 13.8 Å². The highest BCUT2D eigenvalue weighted by Crippen LogP contribution is 2.45. The fraction of sp³-hybridized carbons (Fsp3) is 0.625. The van der Waals surface area contributed by atoms with Gasteiger partial charge < -0.3 is 10.4 Å². The maximum absolute atomic E-state index is 13.1. The molecule has 0 radical (unpaired) electrons. The summed E-state index contributed by atoms with van der Waals surface area (Å²) < 4.78 is 0. The molecule has 3 unspecified atom stereocenters. The first kappa shape index (κ1) is 22.6. The number of hydrogen-bond donors (Lipinski definition) is 2. The Morgan fingerprint density at radius 2 is 1.83 bits per heavy atom. The monoisotopic (exact) mass is 428 g/mol. The van der Waals surface area contributed by atoms with E-state index in [0.29, 0.717) is 29.3 Å². The van der Waals surface area contributed by atoms with Crippen LogP contribution in [-0.2, 0) is 22.4 Å². The van der Waals surface area contributed by atoms with Crippen LogP contribution in [0.15, 0.2) is 11.1 Å². The number of fused-ring (bicyclic) bond motifs is 1. The summed E-state index contributed by atoms with van der Waals surface area (Å²) in [7, 11) is 0. The Labute approximate surface area is 183 Å². The summed E-state index contributed by atoms with van der Waals surface area (Å²) in [6, 6.07) is 2.30. The Morgan fingerprint density at radius 3 is 2.40 bits per heavy atom. The minimum Gasteiger partial charge on any atom is -0.481 e. The van der Waals surface area contributed by atoms with Gasteiger partial charge in [-0.25, -0.2) is 0 Å². The molecule has 0 spiro atoms. The third-order valence-electron chi connectivity index (χ3n) is 7.55. The van der Waals surface area contributed by atoms with Gasteiger partial charge in [0, 0.05) is 4.88 Å². The number of rotatable bonds is 5. The summed E-state index contributed by atoms with van der Waals surface area (Å²) in [4.78, 5) is 26.0. The summed E-state index contributed by atoms with van der Waals surface area (Å²) in [5.74, 6) is -1.98. The molecule has 162 valence electrons. The fourth-order valence-corrected chi connectivity index (χ4v) is 6.06. The van der Waals surface area contributed by atoms with E-state index in [-0.39, 0.29) is 11.3 Å². The van der Waals surface area contributed by atoms with Crippen LogP contribution in [0.3, 0.4) is 0 Å². The highest BCUT2D eigenvalue weighted by molar-refractivity contribution is 7.16. The maximum Gasteiger partial charge on any atom is 0.307 e. The molecule has 1 aromatic rings. The van der Waals surface area contributed by atoms with Crippen molar-refractivity contribution in [3.05, 3.63) is 27.2 Å². The Balaban J connectivity index is 1.85. The lowest BCUT2D eigenvalue weighted by Gasteiger charge is -2.36. The smallest absolute Gasteiger partial charge is 0.307 e. The number of carboxylic acid groups (broad SMARTS) is 1. The van der Waals surface area contributed by atoms with Gasteiger partial charge in [-0.05, 0) is 62.8 Å². The lowest BCUT2D eigenvalue weighted by Crippen LogP contribution is -2.36. The van der Waals surface area contributed by atoms with Crippen LogP contribution in [0.4, 0.5) is 5.00 Å². The second kappa shape index (κ2) is 8.55. The summed E-state index contributed by atoms with van der Waals surface area (Å²) in [6.45, 7) is 10.7. The molecule has 2 aliphatic carbocycles. The lowest BCUT2D eigenvalue weighted by molar-refractivity contribution is -0.146. The molecular weight excluding hydrogens is 396 g/mol. The predicted molar refractivity (Wildman–Crippen MR) is 119 cm³/mol. The van der Waals surface area contributed by atoms with Gasteiger partial charge in [0.15, 0.2) is 0 Å². The largest absolute Gasteiger partial charge is 0.481 e. The molecule has 1 heterocycles. The van der Waals surface area contributed by atoms with Crippen LogP contribution < -0.4 is 5.32 Å². The number of thiophene rings is 1. The standard InChI is InChI=1S/C24H32N2O3S/c1-6-24(4,5)15-7-8-16-19(12-25)22(30-20(16)11-15)26-21(27)17-9-13(2)14(3)10-18(17)23(28)29/h15,17-18H,6-11H2,1-5H3,(H,26,27)(H,28,29). The number of allylic oxidation sites excluding steroid dienone is 2. The van der Waals surface area contributed by atoms with Gasteiger partial charge in [-0.15, -0.1) is 11.3 Å². The zero-order valence-electron chi connectivity index (χ0n) is 18.6. The molecule has 5 nitrogen and oxygen atoms in total. The normalized spacial score (nSPS) is 24.2. The van der Waals surface area contributed by atoms with E-state index in [1.165, 1.54) is 16.2 Å². The molecule has 6 heteroatoms. The molecule has 0 aromatic carbocycles. The van der Waals surface area contributed by atoms with Crippen LogP contribution in [0, 0.1) is 34.5 Å². The van der Waals surface area contributed by atoms with Crippen molar-refractivity contribution in [3.8, 4) is 6.07 Å². The van der Waals surface area contributed by atoms with E-state index in [9.17, 15) is 20.0 Å². The first-order valence-electron chi connectivity index (χ1n) is 10.8. The molecule has 1 aromatic heterocycles. The average molecular weight is 429 g/mol. The molecule has 30 heavy (non-hydrogen) atoms. The number of amides is 1. The van der Waals surface area contributed by atoms with Crippen molar-refractivity contribution in [2.24, 2.45) is 23.2 Å². The van der Waals surface area contributed by atoms with Gasteiger partial charge >= 0.3 is 5.97 Å². The molecule has 0 saturated heterocycles. The molecule has 2 N–H and O–H groups in total. The molecule has 1 amide bonds. The van der Waals surface area contributed by atoms with Crippen molar-refractivity contribution in [2.45, 2.75) is 73.1 Å². The molecule has 0 saturated carbocycles. The molecule has 3 rings (SSSR count). The van der Waals surface area contributed by atoms with E-state index in [1.54, 1.807) is 0 Å². The summed E-state index contributed by atoms with van der Waals surface area (Å²) in [6.07, 6.45) is 4.82. The third kappa shape index (κ3) is 4.18. The second-order valence-electron chi connectivity index (χ2n) is 9.61. The number of nitrogens with one attached hydrogen (secondary N) is 1. The number of anilines is 1. The van der Waals surface area contributed by atoms with Gasteiger partial charge in [-0.3, -0.25) is 9.59 Å². The lowest BCUT2D eigenvalue weighted by atomic mass is 9.69. The first-order chi connectivity index (χ1) is 14.1. The van der Waals surface area contributed by atoms with Gasteiger partial charge in [-0.2, -0.15) is 5.26 Å². The van der Waals surface area contributed by atoms with Crippen molar-refractivity contribution in [1.82, 2.24) is 0 Å². The minimum atomic E-state index is -0.933. The molecule has 0 fully saturated rings. The number of nitriles is 1. The number of nitrogens with zero attached hydrogens (tertiary/aromatic N) is 1. The predicted octanol–water partition coefficient (Wildman–Crippen LogP) is 5.55. The van der Waals surface area contributed by atoms with Crippen molar-refractivity contribution in [1.29, 1.82) is 5.26 Å². The van der Waals surface area contributed by atoms with Gasteiger partial charge in [0.05, 0.1) is 17.4 Å². The van der Waals surface area contributed by atoms with E-state index in [0.717, 1.165) is 42.4 Å². The highest BCUT2D eigenvalue weighted by atomic mass is 32.1. The molecule has 0 aliphatic heterocycles. The van der Waals surface area contributed by atoms with Crippen LogP contribution in [0.1, 0.15) is 76.3 Å². The number of carboxylic acids is 1. The summed E-state index contributed by atoms with van der Waals surface area (Å²) in [5.41, 5.74) is 4.04. The second-order valence-corrected chi connectivity index (χ2v) is 10.7. The summed E-state index contributed by atoms with van der Waals surface area (Å²) >= 11 is 1.51. The zero-order valence-corrected chi connectivity index (χ0v) is 19.4. The van der Waals surface area contributed by atoms with E-state index in [2.05, 4.69) is 32.2 Å². The summed E-state index contributed by atoms with van der Waals surface area (Å²) in [5, 5.41) is 23.0. The number of carbonyl (C=O) groups excluding carboxylic acids is 1. The van der Waals surface area contributed by atoms with Gasteiger partial charge in [0.25, 0.3) is 0 Å². The van der Waals surface area contributed by atoms with E-state index < -0.39 is 17.8 Å². The van der Waals surface area contributed by atoms with Crippen molar-refractivity contribution >= 4 is 28.2 Å². The van der Waals surface area contributed by atoms with Gasteiger partial charge in [-0.1, -0.05) is 38.3 Å². The third-order valence-corrected chi connectivity index (χ3v) is 8.72. The first-order valence-corrected chi connectivity index (χ1v) is 11.6. The fourth-order valence-electron chi connectivity index (χ4n) is 4.78. The van der Waals surface area contributed by atoms with Crippen LogP contribution in [0.2, 0.25) is 0 Å². The minimum absolute atomic E-state index is 0.246. The van der Waals surface area contributed by atoms with E-state index in [4.69, 9.17) is 0 Å². The van der Waals surface area contributed by atoms with E-state index >= 15 is 0 Å². The molecule has 3 atom stereocenters. The van der Waals surface area contributed by atoms with Crippen LogP contribution >= 0.6 is 11.3 Å². The SMILES string of the molecule is CCC(C)(C)C1CCc2c(sc(NC(=O)C3CC(C)=C(C)CC3C(=O)O)c2C#N)C1. The van der Waals surface area contributed by atoms with Crippen LogP contribution in [-0.4, -0.2) is 17.0 Å². The Hall–Kier alpha value is -2.13. The number of aliphatic carboxylic acids is 1. The molecule has 0 bridgehead atoms. The van der Waals surface area contributed by atoms with Crippen molar-refractivity contribution < 1.29 is 14.7 Å². The Bertz CT molecular complexity index is 935. The molecule has 2 aliphatic rings. The zero-order chi connectivity index (χ0) is 22.2. The van der Waals surface area contributed by atoms with Crippen LogP contribution in [0.5, 0.6) is 0 Å². The highest BCUT2D eigenvalue weighted by Gasteiger charge is 2.38. The number of hydrogen-bond acceptors (Lipinski definition) is 4. The Kier molecular flexibility index (Phi) is 6.43. The average Bonchev–Trinajstić information content (AvgIpc) is 3.05. The quantitative estimate of drug-likeness (QED) is 0.602. The number of carbonyl (C=O) groups is 2. The van der Waals surface area contributed by atoms with Gasteiger partial charge in [0.1, 0.15) is 11.1 Å². The topological polar surface area (TPSA) is 90.2 Å². The van der Waals surface area contributed by atoms with Crippen LogP contribution in [0.25, 0.3) is 0 Å². The molecular formula is C24H32N2O3S. The van der Waals surface area contributed by atoms with Crippen molar-refractivity contribution in [2.75, 3.05) is 5.32 Å². The maximum atomic E-state index is 13.1.